The lowest BCUT2D eigenvalue weighted by Gasteiger charge is -2.45. The zero-order valence-electron chi connectivity index (χ0n) is 22.0. The van der Waals surface area contributed by atoms with Gasteiger partial charge in [0.15, 0.2) is 0 Å². The van der Waals surface area contributed by atoms with Gasteiger partial charge in [-0.15, -0.1) is 35.0 Å². The Labute approximate surface area is 242 Å². The van der Waals surface area contributed by atoms with E-state index in [1.165, 1.54) is 0 Å². The highest BCUT2D eigenvalue weighted by atomic mass is 35.5. The molecule has 0 aromatic heterocycles. The SMILES string of the molecule is COC1CNC(Cl)CC1C1CC(C)NCC1C(=O)NC1NC2CN(C(=O)C3NCC(Cl)C(C(F)F)N3)CC2S1. The average Bonchev–Trinajstić information content (AvgIpc) is 3.47. The summed E-state index contributed by atoms with van der Waals surface area (Å²) in [6, 6.07) is -0.933. The number of nitrogens with one attached hydrogen (secondary N) is 6. The molecule has 222 valence electrons. The van der Waals surface area contributed by atoms with Crippen LogP contribution < -0.4 is 31.9 Å². The molecule has 0 aromatic rings. The lowest BCUT2D eigenvalue weighted by Crippen LogP contribution is -2.66. The fourth-order valence-electron chi connectivity index (χ4n) is 6.73. The number of carbonyl (C=O) groups excluding carboxylic acids is 2. The smallest absolute Gasteiger partial charge is 0.255 e. The molecule has 12 unspecified atom stereocenters. The fraction of sp³-hybridized carbons (Fsp3) is 0.917. The Morgan fingerprint density at radius 3 is 2.56 bits per heavy atom. The maximum absolute atomic E-state index is 13.6. The highest BCUT2D eigenvalue weighted by molar-refractivity contribution is 8.00. The molecule has 2 amide bonds. The molecular formula is C24H39Cl2F2N7O3S. The summed E-state index contributed by atoms with van der Waals surface area (Å²) < 4.78 is 32.4. The first-order chi connectivity index (χ1) is 18.6. The zero-order chi connectivity index (χ0) is 27.8. The number of fused-ring (bicyclic) bond motifs is 1. The number of amides is 2. The van der Waals surface area contributed by atoms with Gasteiger partial charge in [0.25, 0.3) is 12.3 Å². The summed E-state index contributed by atoms with van der Waals surface area (Å²) in [5.74, 6) is -0.138. The number of nitrogens with zero attached hydrogens (tertiary/aromatic N) is 1. The maximum Gasteiger partial charge on any atom is 0.255 e. The molecule has 0 bridgehead atoms. The molecular weight excluding hydrogens is 575 g/mol. The second kappa shape index (κ2) is 12.8. The number of methoxy groups -OCH3 is 1. The van der Waals surface area contributed by atoms with Gasteiger partial charge in [0.2, 0.25) is 5.91 Å². The average molecular weight is 615 g/mol. The second-order valence-corrected chi connectivity index (χ2v) is 13.8. The van der Waals surface area contributed by atoms with E-state index >= 15 is 0 Å². The van der Waals surface area contributed by atoms with Crippen LogP contribution in [0.5, 0.6) is 0 Å². The van der Waals surface area contributed by atoms with Crippen molar-refractivity contribution in [3.8, 4) is 0 Å². The van der Waals surface area contributed by atoms with Gasteiger partial charge in [-0.2, -0.15) is 0 Å². The van der Waals surface area contributed by atoms with Gasteiger partial charge >= 0.3 is 0 Å². The number of thioether (sulfide) groups is 1. The summed E-state index contributed by atoms with van der Waals surface area (Å²) in [5.41, 5.74) is -0.396. The first-order valence-corrected chi connectivity index (χ1v) is 15.5. The summed E-state index contributed by atoms with van der Waals surface area (Å²) in [5, 5.41) is 18.3. The van der Waals surface area contributed by atoms with Crippen LogP contribution >= 0.6 is 35.0 Å². The molecule has 6 N–H and O–H groups in total. The van der Waals surface area contributed by atoms with Crippen LogP contribution in [0, 0.1) is 17.8 Å². The van der Waals surface area contributed by atoms with E-state index in [0.29, 0.717) is 32.2 Å². The standard InChI is InChI=1S/C24H39Cl2F2N7O3S/c1-10-3-11(12-4-18(26)30-7-16(12)38-2)13(5-29-10)22(36)34-24-32-15-8-35(9-17(15)39-24)23(37)21-31-6-14(25)19(33-21)20(27)28/h10-21,24,29-33H,3-9H2,1-2H3,(H,34,36). The van der Waals surface area contributed by atoms with Gasteiger partial charge in [0.1, 0.15) is 11.7 Å². The molecule has 10 nitrogen and oxygen atoms in total. The number of carbonyl (C=O) groups is 2. The Bertz CT molecular complexity index is 887. The van der Waals surface area contributed by atoms with Crippen LogP contribution in [-0.2, 0) is 14.3 Å². The van der Waals surface area contributed by atoms with Gasteiger partial charge in [-0.1, -0.05) is 0 Å². The van der Waals surface area contributed by atoms with Crippen LogP contribution in [0.25, 0.3) is 0 Å². The lowest BCUT2D eigenvalue weighted by molar-refractivity contribution is -0.134. The van der Waals surface area contributed by atoms with Crippen molar-refractivity contribution >= 4 is 46.8 Å². The van der Waals surface area contributed by atoms with Gasteiger partial charge in [-0.25, -0.2) is 8.78 Å². The number of ether oxygens (including phenoxy) is 1. The van der Waals surface area contributed by atoms with Crippen LogP contribution in [-0.4, -0.2) is 115 Å². The first-order valence-electron chi connectivity index (χ1n) is 13.7. The first kappa shape index (κ1) is 30.0. The quantitative estimate of drug-likeness (QED) is 0.180. The van der Waals surface area contributed by atoms with Crippen molar-refractivity contribution in [2.24, 2.45) is 17.8 Å². The van der Waals surface area contributed by atoms with Crippen LogP contribution in [0.1, 0.15) is 19.8 Å². The zero-order valence-corrected chi connectivity index (χ0v) is 24.4. The predicted molar refractivity (Wildman–Crippen MR) is 147 cm³/mol. The van der Waals surface area contributed by atoms with Gasteiger partial charge in [-0.3, -0.25) is 30.9 Å². The molecule has 5 saturated heterocycles. The summed E-state index contributed by atoms with van der Waals surface area (Å²) in [4.78, 5) is 28.3. The lowest BCUT2D eigenvalue weighted by atomic mass is 9.70. The Morgan fingerprint density at radius 1 is 1.05 bits per heavy atom. The van der Waals surface area contributed by atoms with E-state index in [1.807, 2.05) is 0 Å². The number of halogens is 4. The highest BCUT2D eigenvalue weighted by Gasteiger charge is 2.48. The Morgan fingerprint density at radius 2 is 1.85 bits per heavy atom. The normalized spacial score (nSPS) is 44.8. The van der Waals surface area contributed by atoms with Gasteiger partial charge in [0, 0.05) is 57.2 Å². The third-order valence-corrected chi connectivity index (χ3v) is 10.9. The van der Waals surface area contributed by atoms with Gasteiger partial charge < -0.3 is 20.3 Å². The van der Waals surface area contributed by atoms with Gasteiger partial charge in [0.05, 0.1) is 28.9 Å². The topological polar surface area (TPSA) is 119 Å². The van der Waals surface area contributed by atoms with Crippen LogP contribution in [0.15, 0.2) is 0 Å². The minimum atomic E-state index is -2.65. The summed E-state index contributed by atoms with van der Waals surface area (Å²) in [7, 11) is 1.71. The molecule has 5 fully saturated rings. The molecule has 12 atom stereocenters. The third kappa shape index (κ3) is 6.61. The van der Waals surface area contributed by atoms with E-state index in [0.717, 1.165) is 12.8 Å². The van der Waals surface area contributed by atoms with E-state index in [-0.39, 0.29) is 64.5 Å². The number of hydrogen-bond acceptors (Lipinski definition) is 9. The number of rotatable bonds is 6. The molecule has 5 aliphatic rings. The van der Waals surface area contributed by atoms with Crippen molar-refractivity contribution in [1.82, 2.24) is 36.8 Å². The molecule has 0 spiro atoms. The minimum Gasteiger partial charge on any atom is -0.380 e. The number of alkyl halides is 4. The molecule has 0 aromatic carbocycles. The van der Waals surface area contributed by atoms with Gasteiger partial charge in [-0.05, 0) is 31.6 Å². The molecule has 5 rings (SSSR count). The van der Waals surface area contributed by atoms with Crippen LogP contribution in [0.4, 0.5) is 8.78 Å². The van der Waals surface area contributed by atoms with Crippen molar-refractivity contribution in [3.63, 3.8) is 0 Å². The fourth-order valence-corrected chi connectivity index (χ4v) is 8.71. The summed E-state index contributed by atoms with van der Waals surface area (Å²) >= 11 is 14.0. The van der Waals surface area contributed by atoms with E-state index < -0.39 is 24.0 Å². The highest BCUT2D eigenvalue weighted by Crippen LogP contribution is 2.38. The van der Waals surface area contributed by atoms with E-state index in [1.54, 1.807) is 23.8 Å². The van der Waals surface area contributed by atoms with E-state index in [4.69, 9.17) is 27.9 Å². The maximum atomic E-state index is 13.6. The molecule has 0 saturated carbocycles. The molecule has 5 aliphatic heterocycles. The Kier molecular flexibility index (Phi) is 9.82. The van der Waals surface area contributed by atoms with Crippen molar-refractivity contribution in [2.45, 2.75) is 78.2 Å². The molecule has 39 heavy (non-hydrogen) atoms. The molecule has 5 heterocycles. The Balaban J connectivity index is 1.15. The summed E-state index contributed by atoms with van der Waals surface area (Å²) in [6.07, 6.45) is -1.92. The van der Waals surface area contributed by atoms with E-state index in [2.05, 4.69) is 38.8 Å². The second-order valence-electron chi connectivity index (χ2n) is 11.3. The van der Waals surface area contributed by atoms with Crippen molar-refractivity contribution < 1.29 is 23.1 Å². The summed E-state index contributed by atoms with van der Waals surface area (Å²) in [6.45, 7) is 4.46. The van der Waals surface area contributed by atoms with Crippen molar-refractivity contribution in [1.29, 1.82) is 0 Å². The largest absolute Gasteiger partial charge is 0.380 e. The van der Waals surface area contributed by atoms with Crippen molar-refractivity contribution in [2.75, 3.05) is 39.8 Å². The third-order valence-electron chi connectivity index (χ3n) is 8.83. The molecule has 0 aliphatic carbocycles. The minimum absolute atomic E-state index is 0.000825. The monoisotopic (exact) mass is 613 g/mol. The molecule has 0 radical (unpaired) electrons. The predicted octanol–water partition coefficient (Wildman–Crippen LogP) is -0.134. The Hall–Kier alpha value is -0.510. The number of piperidine rings is 2. The van der Waals surface area contributed by atoms with Crippen LogP contribution in [0.3, 0.4) is 0 Å². The van der Waals surface area contributed by atoms with E-state index in [9.17, 15) is 18.4 Å². The number of likely N-dealkylation sites (tertiary alicyclic amines) is 1. The molecule has 15 heteroatoms. The number of hydrogen-bond donors (Lipinski definition) is 6. The van der Waals surface area contributed by atoms with Crippen molar-refractivity contribution in [3.05, 3.63) is 0 Å². The van der Waals surface area contributed by atoms with Crippen LogP contribution in [0.2, 0.25) is 0 Å².